The molecule has 0 amide bonds. The number of hydrogen-bond acceptors (Lipinski definition) is 5. The Bertz CT molecular complexity index is 1210. The molecule has 4 rings (SSSR count). The van der Waals surface area contributed by atoms with Gasteiger partial charge in [0.25, 0.3) is 5.56 Å². The van der Waals surface area contributed by atoms with Crippen molar-refractivity contribution in [2.75, 3.05) is 5.75 Å². The van der Waals surface area contributed by atoms with Crippen LogP contribution < -0.4 is 5.56 Å². The SMILES string of the molecule is Cc1sc2nc(SCC(=O)c3ccc4ccccc4c3)[nH]c(=O)c2c1C. The normalized spacial score (nSPS) is 11.3. The highest BCUT2D eigenvalue weighted by Gasteiger charge is 2.13. The number of H-pyrrole nitrogens is 1. The van der Waals surface area contributed by atoms with Gasteiger partial charge in [-0.25, -0.2) is 4.98 Å². The highest BCUT2D eigenvalue weighted by molar-refractivity contribution is 7.99. The number of aryl methyl sites for hydroxylation is 2. The van der Waals surface area contributed by atoms with E-state index in [0.29, 0.717) is 16.1 Å². The molecular formula is C20H16N2O2S2. The lowest BCUT2D eigenvalue weighted by atomic mass is 10.1. The number of carbonyl (C=O) groups excluding carboxylic acids is 1. The summed E-state index contributed by atoms with van der Waals surface area (Å²) in [6, 6.07) is 13.7. The van der Waals surface area contributed by atoms with Gasteiger partial charge in [0.05, 0.1) is 11.1 Å². The van der Waals surface area contributed by atoms with Gasteiger partial charge in [-0.2, -0.15) is 0 Å². The number of aromatic nitrogens is 2. The van der Waals surface area contributed by atoms with E-state index in [1.54, 1.807) is 0 Å². The van der Waals surface area contributed by atoms with Gasteiger partial charge in [-0.1, -0.05) is 48.2 Å². The molecule has 0 unspecified atom stereocenters. The maximum atomic E-state index is 12.5. The summed E-state index contributed by atoms with van der Waals surface area (Å²) in [5, 5.41) is 3.29. The molecule has 4 nitrogen and oxygen atoms in total. The van der Waals surface area contributed by atoms with E-state index >= 15 is 0 Å². The number of Topliss-reactive ketones (excluding diaryl/α,β-unsaturated/α-hetero) is 1. The topological polar surface area (TPSA) is 62.8 Å². The van der Waals surface area contributed by atoms with E-state index in [-0.39, 0.29) is 17.1 Å². The van der Waals surface area contributed by atoms with Crippen LogP contribution in [0.1, 0.15) is 20.8 Å². The largest absolute Gasteiger partial charge is 0.301 e. The van der Waals surface area contributed by atoms with Gasteiger partial charge in [-0.05, 0) is 36.2 Å². The van der Waals surface area contributed by atoms with Gasteiger partial charge in [0.1, 0.15) is 4.83 Å². The minimum absolute atomic E-state index is 0.0158. The number of carbonyl (C=O) groups is 1. The Labute approximate surface area is 158 Å². The molecule has 0 spiro atoms. The average molecular weight is 380 g/mol. The molecule has 130 valence electrons. The lowest BCUT2D eigenvalue weighted by Gasteiger charge is -2.04. The Morgan fingerprint density at radius 2 is 1.92 bits per heavy atom. The van der Waals surface area contributed by atoms with Gasteiger partial charge in [0.2, 0.25) is 0 Å². The number of rotatable bonds is 4. The zero-order valence-electron chi connectivity index (χ0n) is 14.3. The molecule has 0 radical (unpaired) electrons. The molecule has 0 aliphatic carbocycles. The second-order valence-corrected chi connectivity index (χ2v) is 8.28. The first kappa shape index (κ1) is 17.0. The van der Waals surface area contributed by atoms with Crippen molar-refractivity contribution >= 4 is 49.9 Å². The average Bonchev–Trinajstić information content (AvgIpc) is 2.93. The number of aromatic amines is 1. The van der Waals surface area contributed by atoms with Crippen LogP contribution in [0.4, 0.5) is 0 Å². The Morgan fingerprint density at radius 3 is 2.73 bits per heavy atom. The van der Waals surface area contributed by atoms with Crippen LogP contribution in [0.2, 0.25) is 0 Å². The standard InChI is InChI=1S/C20H16N2O2S2/c1-11-12(2)26-19-17(11)18(24)21-20(22-19)25-10-16(23)15-8-7-13-5-3-4-6-14(13)9-15/h3-9H,10H2,1-2H3,(H,21,22,24). The molecule has 0 bridgehead atoms. The molecule has 2 heterocycles. The zero-order valence-corrected chi connectivity index (χ0v) is 16.0. The van der Waals surface area contributed by atoms with Gasteiger partial charge in [-0.15, -0.1) is 11.3 Å². The van der Waals surface area contributed by atoms with Gasteiger partial charge in [0.15, 0.2) is 10.9 Å². The Kier molecular flexibility index (Phi) is 4.38. The van der Waals surface area contributed by atoms with Crippen molar-refractivity contribution in [3.8, 4) is 0 Å². The number of fused-ring (bicyclic) bond motifs is 2. The van der Waals surface area contributed by atoms with Gasteiger partial charge >= 0.3 is 0 Å². The van der Waals surface area contributed by atoms with E-state index in [0.717, 1.165) is 26.0 Å². The van der Waals surface area contributed by atoms with Crippen molar-refractivity contribution in [1.82, 2.24) is 9.97 Å². The van der Waals surface area contributed by atoms with Crippen LogP contribution in [0.5, 0.6) is 0 Å². The van der Waals surface area contributed by atoms with Crippen molar-refractivity contribution in [2.24, 2.45) is 0 Å². The predicted molar refractivity (Wildman–Crippen MR) is 109 cm³/mol. The number of hydrogen-bond donors (Lipinski definition) is 1. The van der Waals surface area contributed by atoms with Crippen LogP contribution in [0.25, 0.3) is 21.0 Å². The molecule has 0 aliphatic rings. The van der Waals surface area contributed by atoms with Crippen molar-refractivity contribution in [3.63, 3.8) is 0 Å². The number of nitrogens with one attached hydrogen (secondary N) is 1. The first-order chi connectivity index (χ1) is 12.5. The number of thiophene rings is 1. The maximum Gasteiger partial charge on any atom is 0.260 e. The smallest absolute Gasteiger partial charge is 0.260 e. The summed E-state index contributed by atoms with van der Waals surface area (Å²) < 4.78 is 0. The predicted octanol–water partition coefficient (Wildman–Crippen LogP) is 4.73. The van der Waals surface area contributed by atoms with Crippen LogP contribution in [-0.2, 0) is 0 Å². The molecule has 1 N–H and O–H groups in total. The van der Waals surface area contributed by atoms with Crippen LogP contribution in [0, 0.1) is 13.8 Å². The summed E-state index contributed by atoms with van der Waals surface area (Å²) in [6.07, 6.45) is 0. The second-order valence-electron chi connectivity index (χ2n) is 6.11. The molecule has 2 aromatic carbocycles. The van der Waals surface area contributed by atoms with Gasteiger partial charge < -0.3 is 4.98 Å². The first-order valence-electron chi connectivity index (χ1n) is 8.18. The molecule has 0 fully saturated rings. The van der Waals surface area contributed by atoms with Crippen molar-refractivity contribution in [3.05, 3.63) is 68.8 Å². The number of thioether (sulfide) groups is 1. The molecule has 6 heteroatoms. The van der Waals surface area contributed by atoms with E-state index in [9.17, 15) is 9.59 Å². The third-order valence-corrected chi connectivity index (χ3v) is 6.40. The molecule has 0 saturated heterocycles. The minimum atomic E-state index is -0.141. The first-order valence-corrected chi connectivity index (χ1v) is 9.98. The summed E-state index contributed by atoms with van der Waals surface area (Å²) >= 11 is 2.77. The molecule has 26 heavy (non-hydrogen) atoms. The molecule has 0 atom stereocenters. The summed E-state index contributed by atoms with van der Waals surface area (Å²) in [7, 11) is 0. The Hall–Kier alpha value is -2.44. The fraction of sp³-hybridized carbons (Fsp3) is 0.150. The monoisotopic (exact) mass is 380 g/mol. The molecule has 4 aromatic rings. The summed E-state index contributed by atoms with van der Waals surface area (Å²) in [5.41, 5.74) is 1.50. The Morgan fingerprint density at radius 1 is 1.15 bits per heavy atom. The Balaban J connectivity index is 1.57. The second kappa shape index (κ2) is 6.70. The van der Waals surface area contributed by atoms with Crippen molar-refractivity contribution in [2.45, 2.75) is 19.0 Å². The van der Waals surface area contributed by atoms with Crippen LogP contribution in [-0.4, -0.2) is 21.5 Å². The van der Waals surface area contributed by atoms with Crippen molar-refractivity contribution < 1.29 is 4.79 Å². The fourth-order valence-electron chi connectivity index (χ4n) is 2.88. The minimum Gasteiger partial charge on any atom is -0.301 e. The summed E-state index contributed by atoms with van der Waals surface area (Å²) in [4.78, 5) is 34.0. The molecule has 2 aromatic heterocycles. The van der Waals surface area contributed by atoms with Crippen LogP contribution >= 0.6 is 23.1 Å². The van der Waals surface area contributed by atoms with Crippen LogP contribution in [0.15, 0.2) is 52.4 Å². The highest BCUT2D eigenvalue weighted by atomic mass is 32.2. The third kappa shape index (κ3) is 3.06. The van der Waals surface area contributed by atoms with E-state index in [4.69, 9.17) is 0 Å². The van der Waals surface area contributed by atoms with Gasteiger partial charge in [0, 0.05) is 10.4 Å². The fourth-order valence-corrected chi connectivity index (χ4v) is 4.73. The zero-order chi connectivity index (χ0) is 18.3. The summed E-state index contributed by atoms with van der Waals surface area (Å²) in [6.45, 7) is 3.92. The van der Waals surface area contributed by atoms with Crippen molar-refractivity contribution in [1.29, 1.82) is 0 Å². The molecule has 0 saturated carbocycles. The van der Waals surface area contributed by atoms with Crippen LogP contribution in [0.3, 0.4) is 0 Å². The summed E-state index contributed by atoms with van der Waals surface area (Å²) in [5.74, 6) is 0.248. The molecule has 0 aliphatic heterocycles. The lowest BCUT2D eigenvalue weighted by Crippen LogP contribution is -2.10. The number of benzene rings is 2. The highest BCUT2D eigenvalue weighted by Crippen LogP contribution is 2.27. The quantitative estimate of drug-likeness (QED) is 0.316. The number of ketones is 1. The maximum absolute atomic E-state index is 12.5. The third-order valence-electron chi connectivity index (χ3n) is 4.43. The van der Waals surface area contributed by atoms with E-state index in [1.165, 1.54) is 23.1 Å². The van der Waals surface area contributed by atoms with Gasteiger partial charge in [-0.3, -0.25) is 9.59 Å². The van der Waals surface area contributed by atoms with E-state index in [1.807, 2.05) is 56.3 Å². The van der Waals surface area contributed by atoms with E-state index in [2.05, 4.69) is 9.97 Å². The van der Waals surface area contributed by atoms with E-state index < -0.39 is 0 Å². The molecular weight excluding hydrogens is 364 g/mol. The lowest BCUT2D eigenvalue weighted by molar-refractivity contribution is 0.102. The number of nitrogens with zero attached hydrogens (tertiary/aromatic N) is 1.